The Kier molecular flexibility index (Phi) is 6.44. The zero-order valence-electron chi connectivity index (χ0n) is 10.6. The number of likely N-dealkylation sites (tertiary alicyclic amines) is 1. The number of hydrogen-bond donors (Lipinski definition) is 2. The Morgan fingerprint density at radius 1 is 1.47 bits per heavy atom. The van der Waals surface area contributed by atoms with Gasteiger partial charge < -0.3 is 16.0 Å². The number of amides is 1. The molecule has 0 aliphatic carbocycles. The van der Waals surface area contributed by atoms with E-state index in [1.54, 1.807) is 0 Å². The molecule has 1 amide bonds. The van der Waals surface area contributed by atoms with Gasteiger partial charge in [0.2, 0.25) is 5.91 Å². The van der Waals surface area contributed by atoms with Gasteiger partial charge in [0.15, 0.2) is 0 Å². The van der Waals surface area contributed by atoms with Crippen molar-refractivity contribution in [3.63, 3.8) is 0 Å². The van der Waals surface area contributed by atoms with Gasteiger partial charge in [0.25, 0.3) is 0 Å². The fourth-order valence-electron chi connectivity index (χ4n) is 2.16. The predicted molar refractivity (Wildman–Crippen MR) is 73.9 cm³/mol. The number of nitrogens with two attached hydrogens (primary N) is 1. The van der Waals surface area contributed by atoms with Crippen LogP contribution in [0.1, 0.15) is 32.6 Å². The second kappa shape index (κ2) is 7.61. The van der Waals surface area contributed by atoms with Crippen LogP contribution in [0.25, 0.3) is 0 Å². The first-order chi connectivity index (χ1) is 8.15. The highest BCUT2D eigenvalue weighted by Crippen LogP contribution is 2.08. The molecule has 0 aromatic rings. The molecule has 1 heterocycles. The fourth-order valence-corrected chi connectivity index (χ4v) is 2.38. The van der Waals surface area contributed by atoms with Crippen molar-refractivity contribution in [3.05, 3.63) is 0 Å². The molecule has 0 aromatic carbocycles. The van der Waals surface area contributed by atoms with E-state index in [-0.39, 0.29) is 11.8 Å². The topological polar surface area (TPSA) is 58.4 Å². The van der Waals surface area contributed by atoms with Crippen molar-refractivity contribution >= 4 is 23.1 Å². The van der Waals surface area contributed by atoms with Gasteiger partial charge >= 0.3 is 0 Å². The summed E-state index contributed by atoms with van der Waals surface area (Å²) in [6, 6.07) is 0. The summed E-state index contributed by atoms with van der Waals surface area (Å²) in [5.41, 5.74) is 5.58. The minimum Gasteiger partial charge on any atom is -0.393 e. The average molecular weight is 257 g/mol. The second-order valence-electron chi connectivity index (χ2n) is 4.58. The molecule has 1 fully saturated rings. The highest BCUT2D eigenvalue weighted by atomic mass is 32.1. The van der Waals surface area contributed by atoms with E-state index in [9.17, 15) is 4.79 Å². The van der Waals surface area contributed by atoms with Gasteiger partial charge in [0.05, 0.1) is 10.9 Å². The number of nitrogens with one attached hydrogen (secondary N) is 1. The number of nitrogens with zero attached hydrogens (tertiary/aromatic N) is 1. The number of thiocarbonyl (C=S) groups is 1. The number of carbonyl (C=O) groups is 1. The predicted octanol–water partition coefficient (Wildman–Crippen LogP) is 0.901. The summed E-state index contributed by atoms with van der Waals surface area (Å²) in [6.45, 7) is 5.97. The SMILES string of the molecule is CCCC(C(=O)NCCN1CCCC1)C(N)=S. The molecule has 1 rings (SSSR count). The molecule has 0 saturated carbocycles. The highest BCUT2D eigenvalue weighted by Gasteiger charge is 2.20. The van der Waals surface area contributed by atoms with Crippen LogP contribution >= 0.6 is 12.2 Å². The zero-order chi connectivity index (χ0) is 12.7. The molecule has 1 aliphatic rings. The molecule has 0 bridgehead atoms. The molecule has 0 spiro atoms. The van der Waals surface area contributed by atoms with E-state index in [0.717, 1.165) is 32.5 Å². The zero-order valence-corrected chi connectivity index (χ0v) is 11.4. The Hall–Kier alpha value is -0.680. The molecular formula is C12H23N3OS. The molecule has 4 nitrogen and oxygen atoms in total. The van der Waals surface area contributed by atoms with E-state index < -0.39 is 0 Å². The molecule has 1 aliphatic heterocycles. The molecule has 1 atom stereocenters. The van der Waals surface area contributed by atoms with Crippen LogP contribution in [0, 0.1) is 5.92 Å². The van der Waals surface area contributed by atoms with E-state index in [2.05, 4.69) is 10.2 Å². The lowest BCUT2D eigenvalue weighted by Gasteiger charge is -2.17. The van der Waals surface area contributed by atoms with Crippen molar-refractivity contribution in [2.75, 3.05) is 26.2 Å². The standard InChI is InChI=1S/C12H23N3OS/c1-2-5-10(11(13)17)12(16)14-6-9-15-7-3-4-8-15/h10H,2-9H2,1H3,(H2,13,17)(H,14,16). The summed E-state index contributed by atoms with van der Waals surface area (Å²) < 4.78 is 0. The van der Waals surface area contributed by atoms with Crippen LogP contribution < -0.4 is 11.1 Å². The molecule has 0 aromatic heterocycles. The third kappa shape index (κ3) is 5.00. The van der Waals surface area contributed by atoms with Crippen LogP contribution in [0.15, 0.2) is 0 Å². The molecule has 5 heteroatoms. The largest absolute Gasteiger partial charge is 0.393 e. The quantitative estimate of drug-likeness (QED) is 0.665. The van der Waals surface area contributed by atoms with E-state index in [1.165, 1.54) is 12.8 Å². The lowest BCUT2D eigenvalue weighted by Crippen LogP contribution is -2.41. The summed E-state index contributed by atoms with van der Waals surface area (Å²) in [5.74, 6) is -0.313. The van der Waals surface area contributed by atoms with Gasteiger partial charge in [-0.3, -0.25) is 4.79 Å². The van der Waals surface area contributed by atoms with Crippen LogP contribution in [0.4, 0.5) is 0 Å². The van der Waals surface area contributed by atoms with E-state index in [4.69, 9.17) is 18.0 Å². The maximum atomic E-state index is 11.9. The van der Waals surface area contributed by atoms with Gasteiger partial charge in [-0.15, -0.1) is 0 Å². The molecule has 1 unspecified atom stereocenters. The van der Waals surface area contributed by atoms with Crippen LogP contribution in [-0.2, 0) is 4.79 Å². The van der Waals surface area contributed by atoms with Crippen molar-refractivity contribution < 1.29 is 4.79 Å². The van der Waals surface area contributed by atoms with E-state index in [1.807, 2.05) is 6.92 Å². The van der Waals surface area contributed by atoms with Crippen molar-refractivity contribution in [2.24, 2.45) is 11.7 Å². The molecule has 3 N–H and O–H groups in total. The normalized spacial score (nSPS) is 17.9. The lowest BCUT2D eigenvalue weighted by atomic mass is 10.0. The Balaban J connectivity index is 2.23. The van der Waals surface area contributed by atoms with Crippen LogP contribution in [0.5, 0.6) is 0 Å². The summed E-state index contributed by atoms with van der Waals surface area (Å²) in [4.78, 5) is 14.5. The molecule has 1 saturated heterocycles. The van der Waals surface area contributed by atoms with Crippen LogP contribution in [0.3, 0.4) is 0 Å². The fraction of sp³-hybridized carbons (Fsp3) is 0.833. The molecule has 98 valence electrons. The maximum absolute atomic E-state index is 11.9. The van der Waals surface area contributed by atoms with Gasteiger partial charge in [0.1, 0.15) is 0 Å². The van der Waals surface area contributed by atoms with Crippen molar-refractivity contribution in [1.82, 2.24) is 10.2 Å². The highest BCUT2D eigenvalue weighted by molar-refractivity contribution is 7.80. The Bertz CT molecular complexity index is 264. The number of rotatable bonds is 7. The maximum Gasteiger partial charge on any atom is 0.229 e. The number of hydrogen-bond acceptors (Lipinski definition) is 3. The summed E-state index contributed by atoms with van der Waals surface area (Å²) in [6.07, 6.45) is 4.21. The van der Waals surface area contributed by atoms with Crippen molar-refractivity contribution in [1.29, 1.82) is 0 Å². The monoisotopic (exact) mass is 257 g/mol. The third-order valence-electron chi connectivity index (χ3n) is 3.16. The second-order valence-corrected chi connectivity index (χ2v) is 5.05. The first-order valence-electron chi connectivity index (χ1n) is 6.44. The smallest absolute Gasteiger partial charge is 0.229 e. The minimum absolute atomic E-state index is 0.0152. The summed E-state index contributed by atoms with van der Waals surface area (Å²) in [5, 5.41) is 2.93. The van der Waals surface area contributed by atoms with E-state index in [0.29, 0.717) is 11.5 Å². The number of carbonyl (C=O) groups excluding carboxylic acids is 1. The summed E-state index contributed by atoms with van der Waals surface area (Å²) >= 11 is 4.92. The van der Waals surface area contributed by atoms with Gasteiger partial charge in [-0.1, -0.05) is 25.6 Å². The van der Waals surface area contributed by atoms with Gasteiger partial charge in [-0.2, -0.15) is 0 Å². The molecule has 17 heavy (non-hydrogen) atoms. The third-order valence-corrected chi connectivity index (χ3v) is 3.45. The van der Waals surface area contributed by atoms with E-state index >= 15 is 0 Å². The van der Waals surface area contributed by atoms with Crippen LogP contribution in [-0.4, -0.2) is 42.0 Å². The van der Waals surface area contributed by atoms with Crippen molar-refractivity contribution in [2.45, 2.75) is 32.6 Å². The Morgan fingerprint density at radius 2 is 2.12 bits per heavy atom. The first-order valence-corrected chi connectivity index (χ1v) is 6.85. The average Bonchev–Trinajstić information content (AvgIpc) is 2.78. The minimum atomic E-state index is -0.298. The van der Waals surface area contributed by atoms with Gasteiger partial charge in [-0.25, -0.2) is 0 Å². The molecule has 0 radical (unpaired) electrons. The first kappa shape index (κ1) is 14.4. The van der Waals surface area contributed by atoms with Gasteiger partial charge in [-0.05, 0) is 32.4 Å². The molecular weight excluding hydrogens is 234 g/mol. The van der Waals surface area contributed by atoms with Crippen LogP contribution in [0.2, 0.25) is 0 Å². The summed E-state index contributed by atoms with van der Waals surface area (Å²) in [7, 11) is 0. The lowest BCUT2D eigenvalue weighted by molar-refractivity contribution is -0.123. The Labute approximate surface area is 109 Å². The van der Waals surface area contributed by atoms with Gasteiger partial charge in [0, 0.05) is 13.1 Å². The van der Waals surface area contributed by atoms with Crippen molar-refractivity contribution in [3.8, 4) is 0 Å². The Morgan fingerprint density at radius 3 is 2.65 bits per heavy atom.